The molecule has 1 unspecified atom stereocenters. The highest BCUT2D eigenvalue weighted by Gasteiger charge is 2.17. The van der Waals surface area contributed by atoms with Gasteiger partial charge in [-0.15, -0.1) is 0 Å². The number of likely N-dealkylation sites (N-methyl/N-ethyl adjacent to an activating group) is 1. The van der Waals surface area contributed by atoms with E-state index in [2.05, 4.69) is 22.2 Å². The Labute approximate surface area is 92.9 Å². The molecule has 0 spiro atoms. The van der Waals surface area contributed by atoms with Gasteiger partial charge < -0.3 is 10.3 Å². The lowest BCUT2D eigenvalue weighted by atomic mass is 10.2. The molecule has 0 saturated heterocycles. The number of thioether (sulfide) groups is 1. The van der Waals surface area contributed by atoms with Crippen LogP contribution in [-0.4, -0.2) is 23.1 Å². The number of fused-ring (bicyclic) bond motifs is 1. The Morgan fingerprint density at radius 3 is 3.13 bits per heavy atom. The Bertz CT molecular complexity index is 416. The first-order valence-corrected chi connectivity index (χ1v) is 6.22. The lowest BCUT2D eigenvalue weighted by Gasteiger charge is -2.09. The largest absolute Gasteiger partial charge is 0.317 e. The van der Waals surface area contributed by atoms with E-state index in [1.165, 1.54) is 0 Å². The van der Waals surface area contributed by atoms with Crippen molar-refractivity contribution >= 4 is 11.8 Å². The van der Waals surface area contributed by atoms with Gasteiger partial charge in [0.1, 0.15) is 5.82 Å². The minimum Gasteiger partial charge on any atom is -0.317 e. The lowest BCUT2D eigenvalue weighted by molar-refractivity contribution is 0.588. The van der Waals surface area contributed by atoms with Crippen LogP contribution >= 0.6 is 11.8 Å². The zero-order chi connectivity index (χ0) is 10.8. The summed E-state index contributed by atoms with van der Waals surface area (Å²) in [4.78, 5) is 19.0. The van der Waals surface area contributed by atoms with Crippen molar-refractivity contribution in [1.82, 2.24) is 15.3 Å². The average Bonchev–Trinajstić information content (AvgIpc) is 2.66. The smallest absolute Gasteiger partial charge is 0.255 e. The van der Waals surface area contributed by atoms with Crippen LogP contribution in [0.3, 0.4) is 0 Å². The zero-order valence-corrected chi connectivity index (χ0v) is 9.78. The first-order valence-electron chi connectivity index (χ1n) is 5.06. The fourth-order valence-electron chi connectivity index (χ4n) is 1.60. The van der Waals surface area contributed by atoms with Crippen LogP contribution in [0.1, 0.15) is 24.0 Å². The summed E-state index contributed by atoms with van der Waals surface area (Å²) in [5.41, 5.74) is 1.88. The third-order valence-corrected chi connectivity index (χ3v) is 3.60. The van der Waals surface area contributed by atoms with Gasteiger partial charge in [-0.05, 0) is 14.0 Å². The maximum Gasteiger partial charge on any atom is 0.255 e. The van der Waals surface area contributed by atoms with E-state index in [4.69, 9.17) is 0 Å². The molecule has 0 bridgehead atoms. The van der Waals surface area contributed by atoms with Gasteiger partial charge in [0.2, 0.25) is 0 Å². The lowest BCUT2D eigenvalue weighted by Crippen LogP contribution is -2.27. The van der Waals surface area contributed by atoms with Crippen molar-refractivity contribution in [3.8, 4) is 0 Å². The molecule has 1 aromatic rings. The van der Waals surface area contributed by atoms with Crippen LogP contribution in [0.4, 0.5) is 0 Å². The molecule has 4 nitrogen and oxygen atoms in total. The van der Waals surface area contributed by atoms with Gasteiger partial charge >= 0.3 is 0 Å². The molecule has 0 aliphatic carbocycles. The van der Waals surface area contributed by atoms with E-state index in [0.717, 1.165) is 35.0 Å². The molecule has 0 radical (unpaired) electrons. The molecule has 0 saturated carbocycles. The minimum absolute atomic E-state index is 0.0447. The molecule has 0 aromatic carbocycles. The van der Waals surface area contributed by atoms with Gasteiger partial charge in [-0.2, -0.15) is 11.8 Å². The van der Waals surface area contributed by atoms with Crippen LogP contribution in [0, 0.1) is 0 Å². The highest BCUT2D eigenvalue weighted by molar-refractivity contribution is 7.98. The quantitative estimate of drug-likeness (QED) is 0.793. The number of hydrogen-bond donors (Lipinski definition) is 2. The Morgan fingerprint density at radius 2 is 2.40 bits per heavy atom. The molecule has 1 atom stereocenters. The fraction of sp³-hybridized carbons (Fsp3) is 0.600. The number of nitrogens with zero attached hydrogens (tertiary/aromatic N) is 1. The van der Waals surface area contributed by atoms with E-state index in [1.807, 2.05) is 7.05 Å². The minimum atomic E-state index is 0.0447. The molecular formula is C10H15N3OS. The monoisotopic (exact) mass is 225 g/mol. The van der Waals surface area contributed by atoms with E-state index in [1.54, 1.807) is 11.8 Å². The van der Waals surface area contributed by atoms with Crippen LogP contribution in [0.5, 0.6) is 0 Å². The van der Waals surface area contributed by atoms with Gasteiger partial charge in [0.15, 0.2) is 0 Å². The first kappa shape index (κ1) is 10.7. The molecule has 1 aliphatic heterocycles. The number of hydrogen-bond acceptors (Lipinski definition) is 4. The van der Waals surface area contributed by atoms with E-state index in [9.17, 15) is 4.79 Å². The predicted molar refractivity (Wildman–Crippen MR) is 62.1 cm³/mol. The number of aromatic amines is 1. The average molecular weight is 225 g/mol. The SMILES string of the molecule is CNC(C)Cc1nc2c(c(=O)[nH]1)CSC2. The second-order valence-electron chi connectivity index (χ2n) is 3.82. The van der Waals surface area contributed by atoms with Gasteiger partial charge in [0, 0.05) is 29.5 Å². The number of nitrogens with one attached hydrogen (secondary N) is 2. The highest BCUT2D eigenvalue weighted by atomic mass is 32.2. The summed E-state index contributed by atoms with van der Waals surface area (Å²) in [6, 6.07) is 0.334. The second kappa shape index (κ2) is 4.37. The summed E-state index contributed by atoms with van der Waals surface area (Å²) >= 11 is 1.75. The number of H-pyrrole nitrogens is 1. The van der Waals surface area contributed by atoms with E-state index in [0.29, 0.717) is 6.04 Å². The number of rotatable bonds is 3. The third kappa shape index (κ3) is 2.23. The summed E-state index contributed by atoms with van der Waals surface area (Å²) in [5, 5.41) is 3.13. The van der Waals surface area contributed by atoms with Crippen LogP contribution in [0.15, 0.2) is 4.79 Å². The van der Waals surface area contributed by atoms with Crippen LogP contribution in [-0.2, 0) is 17.9 Å². The Hall–Kier alpha value is -0.810. The number of aromatic nitrogens is 2. The topological polar surface area (TPSA) is 57.8 Å². The van der Waals surface area contributed by atoms with Crippen LogP contribution < -0.4 is 10.9 Å². The standard InChI is InChI=1S/C10H15N3OS/c1-6(11-2)3-9-12-8-5-15-4-7(8)10(14)13-9/h6,11H,3-5H2,1-2H3,(H,12,13,14). The predicted octanol–water partition coefficient (Wildman–Crippen LogP) is 0.667. The van der Waals surface area contributed by atoms with Crippen molar-refractivity contribution in [2.75, 3.05) is 7.05 Å². The summed E-state index contributed by atoms with van der Waals surface area (Å²) in [7, 11) is 1.91. The van der Waals surface area contributed by atoms with Gasteiger partial charge in [0.25, 0.3) is 5.56 Å². The van der Waals surface area contributed by atoms with Crippen molar-refractivity contribution in [3.63, 3.8) is 0 Å². The molecule has 15 heavy (non-hydrogen) atoms. The summed E-state index contributed by atoms with van der Waals surface area (Å²) < 4.78 is 0. The summed E-state index contributed by atoms with van der Waals surface area (Å²) in [6.45, 7) is 2.07. The van der Waals surface area contributed by atoms with Crippen molar-refractivity contribution < 1.29 is 0 Å². The zero-order valence-electron chi connectivity index (χ0n) is 8.96. The fourth-order valence-corrected chi connectivity index (χ4v) is 2.64. The summed E-state index contributed by atoms with van der Waals surface area (Å²) in [5.74, 6) is 2.47. The Morgan fingerprint density at radius 1 is 1.60 bits per heavy atom. The molecule has 1 aliphatic rings. The molecule has 2 N–H and O–H groups in total. The molecule has 0 amide bonds. The maximum absolute atomic E-state index is 11.7. The first-order chi connectivity index (χ1) is 7.20. The van der Waals surface area contributed by atoms with E-state index >= 15 is 0 Å². The molecular weight excluding hydrogens is 210 g/mol. The van der Waals surface area contributed by atoms with Gasteiger partial charge in [0.05, 0.1) is 5.69 Å². The van der Waals surface area contributed by atoms with Crippen LogP contribution in [0.2, 0.25) is 0 Å². The van der Waals surface area contributed by atoms with Crippen LogP contribution in [0.25, 0.3) is 0 Å². The highest BCUT2D eigenvalue weighted by Crippen LogP contribution is 2.25. The molecule has 2 rings (SSSR count). The molecule has 0 fully saturated rings. The van der Waals surface area contributed by atoms with Gasteiger partial charge in [-0.1, -0.05) is 0 Å². The van der Waals surface area contributed by atoms with Gasteiger partial charge in [-0.25, -0.2) is 4.98 Å². The Balaban J connectivity index is 2.28. The molecule has 2 heterocycles. The van der Waals surface area contributed by atoms with E-state index < -0.39 is 0 Å². The van der Waals surface area contributed by atoms with Crippen molar-refractivity contribution in [2.24, 2.45) is 0 Å². The molecule has 82 valence electrons. The second-order valence-corrected chi connectivity index (χ2v) is 4.81. The van der Waals surface area contributed by atoms with Crippen molar-refractivity contribution in [2.45, 2.75) is 30.9 Å². The van der Waals surface area contributed by atoms with Gasteiger partial charge in [-0.3, -0.25) is 4.79 Å². The normalized spacial score (nSPS) is 16.4. The van der Waals surface area contributed by atoms with E-state index in [-0.39, 0.29) is 5.56 Å². The molecule has 1 aromatic heterocycles. The van der Waals surface area contributed by atoms with Crippen molar-refractivity contribution in [3.05, 3.63) is 27.4 Å². The third-order valence-electron chi connectivity index (χ3n) is 2.63. The van der Waals surface area contributed by atoms with Crippen molar-refractivity contribution in [1.29, 1.82) is 0 Å². The maximum atomic E-state index is 11.7. The summed E-state index contributed by atoms with van der Waals surface area (Å²) in [6.07, 6.45) is 0.768. The molecule has 5 heteroatoms. The Kier molecular flexibility index (Phi) is 3.11.